The highest BCUT2D eigenvalue weighted by atomic mass is 16.5. The number of amides is 1. The van der Waals surface area contributed by atoms with Crippen molar-refractivity contribution in [3.05, 3.63) is 65.9 Å². The number of methoxy groups -OCH3 is 3. The average molecular weight is 480 g/mol. The Kier molecular flexibility index (Phi) is 9.34. The van der Waals surface area contributed by atoms with Crippen molar-refractivity contribution in [2.45, 2.75) is 21.3 Å². The maximum absolute atomic E-state index is 12.8. The summed E-state index contributed by atoms with van der Waals surface area (Å²) in [5, 5.41) is 2.78. The van der Waals surface area contributed by atoms with Crippen molar-refractivity contribution < 1.29 is 28.2 Å². The third-order valence-electron chi connectivity index (χ3n) is 4.67. The van der Waals surface area contributed by atoms with Crippen LogP contribution in [0.15, 0.2) is 59.1 Å². The molecule has 4 aromatic rings. The van der Waals surface area contributed by atoms with Gasteiger partial charge in [-0.3, -0.25) is 4.79 Å². The van der Waals surface area contributed by atoms with Gasteiger partial charge >= 0.3 is 5.97 Å². The topological polar surface area (TPSA) is 113 Å². The predicted molar refractivity (Wildman–Crippen MR) is 134 cm³/mol. The molecule has 9 nitrogen and oxygen atoms in total. The number of aromatic nitrogens is 2. The Morgan fingerprint density at radius 1 is 0.914 bits per heavy atom. The van der Waals surface area contributed by atoms with Gasteiger partial charge in [0, 0.05) is 23.0 Å². The van der Waals surface area contributed by atoms with E-state index in [1.807, 2.05) is 13.8 Å². The van der Waals surface area contributed by atoms with Crippen LogP contribution in [0, 0.1) is 0 Å². The lowest BCUT2D eigenvalue weighted by Crippen LogP contribution is -2.13. The minimum Gasteiger partial charge on any atom is -0.493 e. The molecule has 1 N–H and O–H groups in total. The smallest absolute Gasteiger partial charge is 0.337 e. The van der Waals surface area contributed by atoms with Gasteiger partial charge in [0.25, 0.3) is 5.91 Å². The molecule has 1 amide bonds. The van der Waals surface area contributed by atoms with E-state index in [0.29, 0.717) is 39.5 Å². The zero-order chi connectivity index (χ0) is 24.7. The van der Waals surface area contributed by atoms with Gasteiger partial charge in [-0.1, -0.05) is 21.3 Å². The Labute approximate surface area is 204 Å². The summed E-state index contributed by atoms with van der Waals surface area (Å²) in [6, 6.07) is 13.0. The molecular weight excluding hydrogens is 450 g/mol. The lowest BCUT2D eigenvalue weighted by atomic mass is 10.1. The summed E-state index contributed by atoms with van der Waals surface area (Å²) in [4.78, 5) is 33.6. The van der Waals surface area contributed by atoms with Crippen LogP contribution in [-0.2, 0) is 4.74 Å². The summed E-state index contributed by atoms with van der Waals surface area (Å²) >= 11 is 0. The first-order valence-corrected chi connectivity index (χ1v) is 10.5. The molecule has 9 heteroatoms. The van der Waals surface area contributed by atoms with Crippen molar-refractivity contribution in [1.82, 2.24) is 9.97 Å². The summed E-state index contributed by atoms with van der Waals surface area (Å²) in [6.45, 7) is 4.00. The summed E-state index contributed by atoms with van der Waals surface area (Å²) in [5.41, 5.74) is 2.34. The molecule has 0 aliphatic carbocycles. The van der Waals surface area contributed by atoms with Gasteiger partial charge in [0.05, 0.1) is 26.9 Å². The Hall–Kier alpha value is -4.40. The molecule has 0 spiro atoms. The van der Waals surface area contributed by atoms with E-state index in [0.717, 1.165) is 0 Å². The lowest BCUT2D eigenvalue weighted by Gasteiger charge is -2.11. The molecule has 2 aromatic carbocycles. The molecule has 0 atom stereocenters. The maximum Gasteiger partial charge on any atom is 0.337 e. The number of carbonyl (C=O) groups is 2. The predicted octanol–water partition coefficient (Wildman–Crippen LogP) is 5.61. The fourth-order valence-electron chi connectivity index (χ4n) is 3.13. The van der Waals surface area contributed by atoms with Crippen LogP contribution in [0.5, 0.6) is 11.5 Å². The number of anilines is 1. The van der Waals surface area contributed by atoms with Gasteiger partial charge in [-0.15, -0.1) is 0 Å². The first-order valence-electron chi connectivity index (χ1n) is 10.5. The van der Waals surface area contributed by atoms with Crippen LogP contribution in [-0.4, -0.2) is 43.2 Å². The molecule has 0 radical (unpaired) electrons. The molecule has 0 aliphatic heterocycles. The summed E-state index contributed by atoms with van der Waals surface area (Å²) in [6.07, 6.45) is 1.61. The number of oxazole rings is 1. The van der Waals surface area contributed by atoms with Crippen LogP contribution in [0.2, 0.25) is 0 Å². The Morgan fingerprint density at radius 3 is 2.31 bits per heavy atom. The minimum absolute atomic E-state index is 0. The minimum atomic E-state index is -0.567. The van der Waals surface area contributed by atoms with E-state index in [4.69, 9.17) is 18.6 Å². The van der Waals surface area contributed by atoms with Crippen LogP contribution in [0.1, 0.15) is 42.0 Å². The van der Waals surface area contributed by atoms with Crippen LogP contribution in [0.3, 0.4) is 0 Å². The third kappa shape index (κ3) is 5.94. The van der Waals surface area contributed by atoms with Crippen molar-refractivity contribution in [2.24, 2.45) is 0 Å². The number of ether oxygens (including phenoxy) is 3. The maximum atomic E-state index is 12.8. The molecule has 0 unspecified atom stereocenters. The van der Waals surface area contributed by atoms with Crippen LogP contribution in [0.25, 0.3) is 22.7 Å². The van der Waals surface area contributed by atoms with E-state index in [-0.39, 0.29) is 18.9 Å². The summed E-state index contributed by atoms with van der Waals surface area (Å²) in [5.74, 6) is 0.207. The highest BCUT2D eigenvalue weighted by Crippen LogP contribution is 2.30. The summed E-state index contributed by atoms with van der Waals surface area (Å²) < 4.78 is 21.1. The number of carbonyl (C=O) groups excluding carboxylic acids is 2. The van der Waals surface area contributed by atoms with E-state index in [1.54, 1.807) is 48.7 Å². The normalized spacial score (nSPS) is 9.86. The van der Waals surface area contributed by atoms with Crippen LogP contribution >= 0.6 is 0 Å². The molecule has 0 aliphatic rings. The molecule has 0 saturated carbocycles. The van der Waals surface area contributed by atoms with Gasteiger partial charge in [-0.25, -0.2) is 9.78 Å². The molecule has 2 heterocycles. The van der Waals surface area contributed by atoms with Crippen LogP contribution < -0.4 is 14.8 Å². The Bertz CT molecular complexity index is 1280. The zero-order valence-corrected chi connectivity index (χ0v) is 19.5. The molecule has 0 saturated heterocycles. The van der Waals surface area contributed by atoms with E-state index >= 15 is 0 Å². The van der Waals surface area contributed by atoms with E-state index in [2.05, 4.69) is 15.3 Å². The highest BCUT2D eigenvalue weighted by Gasteiger charge is 2.17. The first-order chi connectivity index (χ1) is 16.5. The number of nitrogens with zero attached hydrogens (tertiary/aromatic N) is 2. The molecule has 2 aromatic heterocycles. The summed E-state index contributed by atoms with van der Waals surface area (Å²) in [7, 11) is 4.28. The Morgan fingerprint density at radius 2 is 1.66 bits per heavy atom. The van der Waals surface area contributed by atoms with Gasteiger partial charge in [-0.05, 0) is 48.5 Å². The fourth-order valence-corrected chi connectivity index (χ4v) is 3.13. The molecule has 184 valence electrons. The molecule has 0 fully saturated rings. The largest absolute Gasteiger partial charge is 0.493 e. The van der Waals surface area contributed by atoms with Crippen molar-refractivity contribution in [1.29, 1.82) is 0 Å². The fraction of sp³-hybridized carbons (Fsp3) is 0.231. The Balaban J connectivity index is 0.00000140. The van der Waals surface area contributed by atoms with Gasteiger partial charge in [0.15, 0.2) is 22.7 Å². The second kappa shape index (κ2) is 12.2. The van der Waals surface area contributed by atoms with Crippen molar-refractivity contribution >= 4 is 28.8 Å². The molecule has 35 heavy (non-hydrogen) atoms. The van der Waals surface area contributed by atoms with E-state index in [1.165, 1.54) is 27.4 Å². The van der Waals surface area contributed by atoms with Crippen molar-refractivity contribution in [3.8, 4) is 23.0 Å². The number of hydrogen-bond acceptors (Lipinski definition) is 8. The highest BCUT2D eigenvalue weighted by molar-refractivity contribution is 6.05. The van der Waals surface area contributed by atoms with Crippen molar-refractivity contribution in [3.63, 3.8) is 0 Å². The van der Waals surface area contributed by atoms with E-state index < -0.39 is 11.9 Å². The standard InChI is InChI=1S/C23H19N3O6.C2H6.CH4/c1-29-17-7-6-13(12-19(17)30-2)21(27)25-16-10-14(9-15(11-16)23(28)31-3)22-26-20-18(32-22)5-4-8-24-20;1-2;/h4-12H,1-3H3,(H,25,27);1-2H3;1H4. The number of fused-ring (bicyclic) bond motifs is 1. The SMILES string of the molecule is C.CC.COC(=O)c1cc(NC(=O)c2ccc(OC)c(OC)c2)cc(-c2nc3ncccc3o2)c1. The zero-order valence-electron chi connectivity index (χ0n) is 19.5. The first kappa shape index (κ1) is 26.8. The number of rotatable bonds is 6. The van der Waals surface area contributed by atoms with Gasteiger partial charge in [0.1, 0.15) is 0 Å². The van der Waals surface area contributed by atoms with Gasteiger partial charge < -0.3 is 23.9 Å². The lowest BCUT2D eigenvalue weighted by molar-refractivity contribution is 0.0600. The monoisotopic (exact) mass is 479 g/mol. The van der Waals surface area contributed by atoms with Crippen LogP contribution in [0.4, 0.5) is 5.69 Å². The third-order valence-corrected chi connectivity index (χ3v) is 4.67. The number of nitrogens with one attached hydrogen (secondary N) is 1. The molecule has 4 rings (SSSR count). The molecule has 0 bridgehead atoms. The van der Waals surface area contributed by atoms with Gasteiger partial charge in [-0.2, -0.15) is 4.98 Å². The quantitative estimate of drug-likeness (QED) is 0.355. The second-order valence-corrected chi connectivity index (χ2v) is 6.66. The number of hydrogen-bond donors (Lipinski definition) is 1. The van der Waals surface area contributed by atoms with E-state index in [9.17, 15) is 9.59 Å². The van der Waals surface area contributed by atoms with Crippen molar-refractivity contribution in [2.75, 3.05) is 26.6 Å². The number of esters is 1. The number of benzene rings is 2. The second-order valence-electron chi connectivity index (χ2n) is 6.66. The average Bonchev–Trinajstić information content (AvgIpc) is 3.33. The van der Waals surface area contributed by atoms with Gasteiger partial charge in [0.2, 0.25) is 5.89 Å². The molecular formula is C26H29N3O6. The number of pyridine rings is 1.